The molecule has 0 radical (unpaired) electrons. The van der Waals surface area contributed by atoms with E-state index in [1.807, 2.05) is 52.7 Å². The van der Waals surface area contributed by atoms with Crippen molar-refractivity contribution in [2.24, 2.45) is 7.05 Å². The Labute approximate surface area is 182 Å². The second kappa shape index (κ2) is 7.60. The lowest BCUT2D eigenvalue weighted by Gasteiger charge is -2.12. The lowest BCUT2D eigenvalue weighted by Crippen LogP contribution is -2.23. The van der Waals surface area contributed by atoms with E-state index in [-0.39, 0.29) is 17.4 Å². The third kappa shape index (κ3) is 3.44. The van der Waals surface area contributed by atoms with Crippen LogP contribution in [0.1, 0.15) is 24.4 Å². The lowest BCUT2D eigenvalue weighted by atomic mass is 10.1. The molecule has 0 unspecified atom stereocenters. The zero-order valence-corrected chi connectivity index (χ0v) is 17.9. The van der Waals surface area contributed by atoms with Gasteiger partial charge in [-0.15, -0.1) is 0 Å². The first-order valence-corrected chi connectivity index (χ1v) is 11.1. The monoisotopic (exact) mass is 439 g/mol. The van der Waals surface area contributed by atoms with Gasteiger partial charge < -0.3 is 4.57 Å². The first-order valence-electron chi connectivity index (χ1n) is 9.76. The van der Waals surface area contributed by atoms with Crippen molar-refractivity contribution in [3.63, 3.8) is 0 Å². The van der Waals surface area contributed by atoms with E-state index in [0.29, 0.717) is 27.0 Å². The van der Waals surface area contributed by atoms with Crippen molar-refractivity contribution in [2.45, 2.75) is 29.8 Å². The largest absolute Gasteiger partial charge is 0.344 e. The van der Waals surface area contributed by atoms with E-state index in [1.54, 1.807) is 6.07 Å². The summed E-state index contributed by atoms with van der Waals surface area (Å²) in [5.41, 5.74) is 4.09. The Balaban J connectivity index is 1.63. The van der Waals surface area contributed by atoms with E-state index in [2.05, 4.69) is 0 Å². The van der Waals surface area contributed by atoms with Gasteiger partial charge in [-0.2, -0.15) is 0 Å². The zero-order chi connectivity index (χ0) is 20.8. The fourth-order valence-electron chi connectivity index (χ4n) is 3.70. The van der Waals surface area contributed by atoms with Crippen LogP contribution in [0.2, 0.25) is 5.02 Å². The Bertz CT molecular complexity index is 1310. The van der Waals surface area contributed by atoms with Crippen molar-refractivity contribution in [1.29, 1.82) is 0 Å². The highest BCUT2D eigenvalue weighted by Gasteiger charge is 2.30. The second-order valence-electron chi connectivity index (χ2n) is 7.54. The van der Waals surface area contributed by atoms with E-state index in [9.17, 15) is 9.18 Å². The van der Waals surface area contributed by atoms with E-state index < -0.39 is 0 Å². The van der Waals surface area contributed by atoms with Crippen molar-refractivity contribution in [3.05, 3.63) is 81.5 Å². The SMILES string of the molecule is Cn1cc(-c2ccccc2)c2nc(SCc3ccc(F)cc3Cl)n(C3CC3)c(=O)c21. The van der Waals surface area contributed by atoms with Crippen molar-refractivity contribution < 1.29 is 4.39 Å². The summed E-state index contributed by atoms with van der Waals surface area (Å²) in [7, 11) is 1.89. The molecule has 0 amide bonds. The number of aryl methyl sites for hydroxylation is 1. The Morgan fingerprint density at radius 2 is 1.97 bits per heavy atom. The number of nitrogens with zero attached hydrogens (tertiary/aromatic N) is 3. The van der Waals surface area contributed by atoms with Gasteiger partial charge >= 0.3 is 0 Å². The second-order valence-corrected chi connectivity index (χ2v) is 8.89. The predicted octanol–water partition coefficient (Wildman–Crippen LogP) is 5.82. The molecule has 0 bridgehead atoms. The first kappa shape index (κ1) is 19.4. The van der Waals surface area contributed by atoms with E-state index in [0.717, 1.165) is 29.5 Å². The van der Waals surface area contributed by atoms with Gasteiger partial charge in [0.25, 0.3) is 5.56 Å². The van der Waals surface area contributed by atoms with Gasteiger partial charge in [-0.3, -0.25) is 9.36 Å². The third-order valence-corrected chi connectivity index (χ3v) is 6.71. The Hall–Kier alpha value is -2.57. The van der Waals surface area contributed by atoms with Gasteiger partial charge in [0.05, 0.1) is 0 Å². The number of benzene rings is 2. The van der Waals surface area contributed by atoms with E-state index >= 15 is 0 Å². The van der Waals surface area contributed by atoms with Gasteiger partial charge in [0.2, 0.25) is 0 Å². The number of fused-ring (bicyclic) bond motifs is 1. The van der Waals surface area contributed by atoms with E-state index in [4.69, 9.17) is 16.6 Å². The molecular weight excluding hydrogens is 421 g/mol. The molecular formula is C23H19ClFN3OS. The number of aromatic nitrogens is 3. The third-order valence-electron chi connectivity index (χ3n) is 5.36. The molecule has 1 aliphatic carbocycles. The molecule has 152 valence electrons. The van der Waals surface area contributed by atoms with Gasteiger partial charge in [0.1, 0.15) is 16.9 Å². The molecule has 4 aromatic rings. The molecule has 0 saturated heterocycles. The molecule has 2 heterocycles. The van der Waals surface area contributed by atoms with Crippen molar-refractivity contribution in [3.8, 4) is 11.1 Å². The Kier molecular flexibility index (Phi) is 4.91. The summed E-state index contributed by atoms with van der Waals surface area (Å²) < 4.78 is 17.1. The van der Waals surface area contributed by atoms with Gasteiger partial charge in [-0.1, -0.05) is 59.8 Å². The minimum absolute atomic E-state index is 0.0140. The van der Waals surface area contributed by atoms with Crippen molar-refractivity contribution in [1.82, 2.24) is 14.1 Å². The standard InChI is InChI=1S/C23H19ClFN3OS/c1-27-12-18(14-5-3-2-4-6-14)20-21(27)22(29)28(17-9-10-17)23(26-20)30-13-15-7-8-16(25)11-19(15)24/h2-8,11-12,17H,9-10,13H2,1H3. The number of hydrogen-bond donors (Lipinski definition) is 0. The fraction of sp³-hybridized carbons (Fsp3) is 0.217. The quantitative estimate of drug-likeness (QED) is 0.290. The maximum atomic E-state index is 13.4. The fourth-order valence-corrected chi connectivity index (χ4v) is 5.07. The number of rotatable bonds is 5. The highest BCUT2D eigenvalue weighted by molar-refractivity contribution is 7.98. The molecule has 1 aliphatic rings. The molecule has 7 heteroatoms. The van der Waals surface area contributed by atoms with Crippen LogP contribution in [-0.2, 0) is 12.8 Å². The minimum atomic E-state index is -0.361. The molecule has 1 saturated carbocycles. The van der Waals surface area contributed by atoms with E-state index in [1.165, 1.54) is 23.9 Å². The maximum absolute atomic E-state index is 13.4. The lowest BCUT2D eigenvalue weighted by molar-refractivity contribution is 0.614. The molecule has 2 aromatic carbocycles. The summed E-state index contributed by atoms with van der Waals surface area (Å²) in [6.07, 6.45) is 3.93. The van der Waals surface area contributed by atoms with Gasteiger partial charge in [0, 0.05) is 35.6 Å². The highest BCUT2D eigenvalue weighted by atomic mass is 35.5. The van der Waals surface area contributed by atoms with Crippen LogP contribution in [0.4, 0.5) is 4.39 Å². The summed E-state index contributed by atoms with van der Waals surface area (Å²) in [6, 6.07) is 14.6. The summed E-state index contributed by atoms with van der Waals surface area (Å²) in [6.45, 7) is 0. The molecule has 30 heavy (non-hydrogen) atoms. The molecule has 0 atom stereocenters. The molecule has 0 N–H and O–H groups in total. The van der Waals surface area contributed by atoms with Gasteiger partial charge in [-0.05, 0) is 36.1 Å². The molecule has 0 spiro atoms. The number of thioether (sulfide) groups is 1. The maximum Gasteiger partial charge on any atom is 0.278 e. The minimum Gasteiger partial charge on any atom is -0.344 e. The molecule has 5 rings (SSSR count). The Morgan fingerprint density at radius 1 is 1.20 bits per heavy atom. The van der Waals surface area contributed by atoms with Crippen molar-refractivity contribution in [2.75, 3.05) is 0 Å². The van der Waals surface area contributed by atoms with Crippen LogP contribution in [0.25, 0.3) is 22.2 Å². The molecule has 4 nitrogen and oxygen atoms in total. The molecule has 1 fully saturated rings. The van der Waals surface area contributed by atoms with Gasteiger partial charge in [0.15, 0.2) is 5.16 Å². The normalized spacial score (nSPS) is 13.8. The topological polar surface area (TPSA) is 39.8 Å². The highest BCUT2D eigenvalue weighted by Crippen LogP contribution is 2.39. The van der Waals surface area contributed by atoms with Crippen LogP contribution in [0.5, 0.6) is 0 Å². The van der Waals surface area contributed by atoms with Crippen LogP contribution in [0.3, 0.4) is 0 Å². The predicted molar refractivity (Wildman–Crippen MR) is 120 cm³/mol. The summed E-state index contributed by atoms with van der Waals surface area (Å²) in [5.74, 6) is 0.150. The van der Waals surface area contributed by atoms with Gasteiger partial charge in [-0.25, -0.2) is 9.37 Å². The van der Waals surface area contributed by atoms with Crippen LogP contribution < -0.4 is 5.56 Å². The van der Waals surface area contributed by atoms with Crippen LogP contribution >= 0.6 is 23.4 Å². The average Bonchev–Trinajstić information content (AvgIpc) is 3.51. The molecule has 2 aromatic heterocycles. The number of hydrogen-bond acceptors (Lipinski definition) is 3. The smallest absolute Gasteiger partial charge is 0.278 e. The molecule has 0 aliphatic heterocycles. The summed E-state index contributed by atoms with van der Waals surface area (Å²) in [4.78, 5) is 18.4. The van der Waals surface area contributed by atoms with Crippen LogP contribution in [0, 0.1) is 5.82 Å². The Morgan fingerprint density at radius 3 is 2.67 bits per heavy atom. The first-order chi connectivity index (χ1) is 14.5. The summed E-state index contributed by atoms with van der Waals surface area (Å²) >= 11 is 7.67. The average molecular weight is 440 g/mol. The summed E-state index contributed by atoms with van der Waals surface area (Å²) in [5, 5.41) is 1.06. The number of halogens is 2. The zero-order valence-electron chi connectivity index (χ0n) is 16.3. The van der Waals surface area contributed by atoms with Crippen LogP contribution in [0.15, 0.2) is 64.7 Å². The van der Waals surface area contributed by atoms with Crippen molar-refractivity contribution >= 4 is 34.4 Å². The van der Waals surface area contributed by atoms with Crippen LogP contribution in [-0.4, -0.2) is 14.1 Å².